The molecule has 0 aliphatic carbocycles. The number of amides is 2. The van der Waals surface area contributed by atoms with Crippen molar-refractivity contribution in [3.05, 3.63) is 65.5 Å². The molecule has 7 heteroatoms. The van der Waals surface area contributed by atoms with Crippen LogP contribution in [-0.2, 0) is 0 Å². The van der Waals surface area contributed by atoms with Gasteiger partial charge in [0.25, 0.3) is 0 Å². The molecule has 4 N–H and O–H groups in total. The Balaban J connectivity index is 1.61. The second-order valence-corrected chi connectivity index (χ2v) is 6.80. The molecule has 7 nitrogen and oxygen atoms in total. The first-order valence-corrected chi connectivity index (χ1v) is 9.55. The number of carbonyl (C=O) groups excluding carboxylic acids is 1. The van der Waals surface area contributed by atoms with Gasteiger partial charge in [-0.15, -0.1) is 0 Å². The Morgan fingerprint density at radius 3 is 2.10 bits per heavy atom. The van der Waals surface area contributed by atoms with Crippen molar-refractivity contribution in [2.24, 2.45) is 0 Å². The fourth-order valence-corrected chi connectivity index (χ4v) is 2.80. The van der Waals surface area contributed by atoms with Gasteiger partial charge >= 0.3 is 6.03 Å². The van der Waals surface area contributed by atoms with Crippen LogP contribution in [0.15, 0.2) is 48.5 Å². The van der Waals surface area contributed by atoms with Gasteiger partial charge in [0.15, 0.2) is 0 Å². The maximum atomic E-state index is 12.2. The number of aryl methyl sites for hydroxylation is 3. The molecule has 0 aliphatic heterocycles. The SMILES string of the molecule is CCNc1cc(Nc2ccc(NC(=O)Nc3ccc(C)c(C)c3)cc2)nc(C)n1. The molecule has 150 valence electrons. The summed E-state index contributed by atoms with van der Waals surface area (Å²) in [6.07, 6.45) is 0. The van der Waals surface area contributed by atoms with Crippen molar-refractivity contribution < 1.29 is 4.79 Å². The van der Waals surface area contributed by atoms with Crippen molar-refractivity contribution >= 4 is 34.7 Å². The number of nitrogens with zero attached hydrogens (tertiary/aromatic N) is 2. The van der Waals surface area contributed by atoms with Crippen LogP contribution in [0.2, 0.25) is 0 Å². The van der Waals surface area contributed by atoms with Gasteiger partial charge in [-0.25, -0.2) is 14.8 Å². The van der Waals surface area contributed by atoms with Gasteiger partial charge < -0.3 is 21.3 Å². The Morgan fingerprint density at radius 1 is 0.793 bits per heavy atom. The van der Waals surface area contributed by atoms with E-state index in [1.54, 1.807) is 0 Å². The highest BCUT2D eigenvalue weighted by atomic mass is 16.2. The number of rotatable bonds is 6. The lowest BCUT2D eigenvalue weighted by Gasteiger charge is -2.11. The van der Waals surface area contributed by atoms with Crippen LogP contribution < -0.4 is 21.3 Å². The zero-order valence-corrected chi connectivity index (χ0v) is 17.1. The van der Waals surface area contributed by atoms with Gasteiger partial charge in [0.2, 0.25) is 0 Å². The van der Waals surface area contributed by atoms with Crippen molar-refractivity contribution in [1.82, 2.24) is 9.97 Å². The summed E-state index contributed by atoms with van der Waals surface area (Å²) in [6.45, 7) is 8.73. The topological polar surface area (TPSA) is 91.0 Å². The molecule has 0 fully saturated rings. The van der Waals surface area contributed by atoms with E-state index in [1.165, 1.54) is 5.56 Å². The van der Waals surface area contributed by atoms with E-state index >= 15 is 0 Å². The average Bonchev–Trinajstić information content (AvgIpc) is 2.66. The lowest BCUT2D eigenvalue weighted by atomic mass is 10.1. The number of carbonyl (C=O) groups is 1. The number of nitrogens with one attached hydrogen (secondary N) is 4. The molecule has 1 heterocycles. The Morgan fingerprint density at radius 2 is 1.41 bits per heavy atom. The van der Waals surface area contributed by atoms with E-state index in [0.717, 1.165) is 29.3 Å². The van der Waals surface area contributed by atoms with Crippen molar-refractivity contribution in [1.29, 1.82) is 0 Å². The molecule has 0 saturated heterocycles. The number of anilines is 5. The number of urea groups is 1. The van der Waals surface area contributed by atoms with Crippen molar-refractivity contribution in [3.8, 4) is 0 Å². The van der Waals surface area contributed by atoms with Crippen LogP contribution in [0.3, 0.4) is 0 Å². The summed E-state index contributed by atoms with van der Waals surface area (Å²) in [6, 6.07) is 14.8. The fraction of sp³-hybridized carbons (Fsp3) is 0.227. The third-order valence-electron chi connectivity index (χ3n) is 4.38. The summed E-state index contributed by atoms with van der Waals surface area (Å²) >= 11 is 0. The number of hydrogen-bond donors (Lipinski definition) is 4. The zero-order chi connectivity index (χ0) is 20.8. The Labute approximate surface area is 171 Å². The van der Waals surface area contributed by atoms with E-state index in [1.807, 2.05) is 76.2 Å². The lowest BCUT2D eigenvalue weighted by molar-refractivity contribution is 0.262. The van der Waals surface area contributed by atoms with Gasteiger partial charge in [-0.1, -0.05) is 6.07 Å². The monoisotopic (exact) mass is 390 g/mol. The number of aromatic nitrogens is 2. The molecule has 0 unspecified atom stereocenters. The Bertz CT molecular complexity index is 1000. The molecular formula is C22H26N6O. The highest BCUT2D eigenvalue weighted by Gasteiger charge is 2.05. The van der Waals surface area contributed by atoms with E-state index in [2.05, 4.69) is 31.2 Å². The first-order valence-electron chi connectivity index (χ1n) is 9.55. The summed E-state index contributed by atoms with van der Waals surface area (Å²) < 4.78 is 0. The summed E-state index contributed by atoms with van der Waals surface area (Å²) in [4.78, 5) is 21.0. The molecule has 29 heavy (non-hydrogen) atoms. The molecule has 2 amide bonds. The van der Waals surface area contributed by atoms with Gasteiger partial charge in [-0.2, -0.15) is 0 Å². The Kier molecular flexibility index (Phi) is 6.29. The average molecular weight is 390 g/mol. The van der Waals surface area contributed by atoms with Crippen molar-refractivity contribution in [3.63, 3.8) is 0 Å². The molecule has 0 radical (unpaired) electrons. The molecule has 0 spiro atoms. The fourth-order valence-electron chi connectivity index (χ4n) is 2.80. The van der Waals surface area contributed by atoms with E-state index in [9.17, 15) is 4.79 Å². The van der Waals surface area contributed by atoms with Gasteiger partial charge in [0, 0.05) is 29.7 Å². The van der Waals surface area contributed by atoms with Crippen LogP contribution in [0.5, 0.6) is 0 Å². The molecule has 2 aromatic carbocycles. The van der Waals surface area contributed by atoms with E-state index in [4.69, 9.17) is 0 Å². The van der Waals surface area contributed by atoms with Crippen LogP contribution in [0.1, 0.15) is 23.9 Å². The molecule has 0 saturated carbocycles. The predicted molar refractivity (Wildman–Crippen MR) is 119 cm³/mol. The maximum Gasteiger partial charge on any atom is 0.323 e. The van der Waals surface area contributed by atoms with E-state index in [-0.39, 0.29) is 6.03 Å². The zero-order valence-electron chi connectivity index (χ0n) is 17.1. The molecule has 0 bridgehead atoms. The standard InChI is InChI=1S/C22H26N6O/c1-5-23-20-13-21(25-16(4)24-20)26-17-8-10-18(11-9-17)27-22(29)28-19-7-6-14(2)15(3)12-19/h6-13H,5H2,1-4H3,(H2,27,28,29)(H2,23,24,25,26). The molecule has 3 aromatic rings. The maximum absolute atomic E-state index is 12.2. The van der Waals surface area contributed by atoms with Crippen LogP contribution in [-0.4, -0.2) is 22.5 Å². The summed E-state index contributed by atoms with van der Waals surface area (Å²) in [5.74, 6) is 2.18. The van der Waals surface area contributed by atoms with Crippen LogP contribution in [0.25, 0.3) is 0 Å². The summed E-state index contributed by atoms with van der Waals surface area (Å²) in [5.41, 5.74) is 4.65. The predicted octanol–water partition coefficient (Wildman–Crippen LogP) is 5.22. The normalized spacial score (nSPS) is 10.3. The molecule has 0 aliphatic rings. The van der Waals surface area contributed by atoms with E-state index in [0.29, 0.717) is 17.3 Å². The molecule has 0 atom stereocenters. The summed E-state index contributed by atoms with van der Waals surface area (Å²) in [7, 11) is 0. The van der Waals surface area contributed by atoms with Gasteiger partial charge in [0.1, 0.15) is 17.5 Å². The van der Waals surface area contributed by atoms with Crippen molar-refractivity contribution in [2.45, 2.75) is 27.7 Å². The smallest absolute Gasteiger partial charge is 0.323 e. The van der Waals surface area contributed by atoms with Gasteiger partial charge in [-0.3, -0.25) is 0 Å². The van der Waals surface area contributed by atoms with E-state index < -0.39 is 0 Å². The molecule has 1 aromatic heterocycles. The third-order valence-corrected chi connectivity index (χ3v) is 4.38. The largest absolute Gasteiger partial charge is 0.370 e. The second kappa shape index (κ2) is 9.05. The minimum absolute atomic E-state index is 0.282. The highest BCUT2D eigenvalue weighted by Crippen LogP contribution is 2.20. The number of benzene rings is 2. The minimum Gasteiger partial charge on any atom is -0.370 e. The third kappa shape index (κ3) is 5.68. The summed E-state index contributed by atoms with van der Waals surface area (Å²) in [5, 5.41) is 12.1. The highest BCUT2D eigenvalue weighted by molar-refractivity contribution is 5.99. The lowest BCUT2D eigenvalue weighted by Crippen LogP contribution is -2.19. The molecular weight excluding hydrogens is 364 g/mol. The number of hydrogen-bond acceptors (Lipinski definition) is 5. The second-order valence-electron chi connectivity index (χ2n) is 6.80. The van der Waals surface area contributed by atoms with Crippen LogP contribution in [0, 0.1) is 20.8 Å². The van der Waals surface area contributed by atoms with Gasteiger partial charge in [0.05, 0.1) is 0 Å². The van der Waals surface area contributed by atoms with Crippen LogP contribution >= 0.6 is 0 Å². The first kappa shape index (κ1) is 20.1. The quantitative estimate of drug-likeness (QED) is 0.463. The van der Waals surface area contributed by atoms with Crippen molar-refractivity contribution in [2.75, 3.05) is 27.8 Å². The Hall–Kier alpha value is -3.61. The van der Waals surface area contributed by atoms with Gasteiger partial charge in [-0.05, 0) is 75.2 Å². The minimum atomic E-state index is -0.282. The van der Waals surface area contributed by atoms with Crippen LogP contribution in [0.4, 0.5) is 33.5 Å². The first-order chi connectivity index (χ1) is 13.9. The molecule has 3 rings (SSSR count).